The minimum Gasteiger partial charge on any atom is -0.497 e. The molecule has 2 nitrogen and oxygen atoms in total. The van der Waals surface area contributed by atoms with Crippen molar-refractivity contribution in [1.82, 2.24) is 0 Å². The SMILES string of the molecule is CCCc1c(CCc2cc(F)cc(F)c2)cc(OC)cc1OC. The number of hydrogen-bond acceptors (Lipinski definition) is 2. The zero-order valence-corrected chi connectivity index (χ0v) is 13.8. The van der Waals surface area contributed by atoms with Crippen molar-refractivity contribution in [2.75, 3.05) is 14.2 Å². The van der Waals surface area contributed by atoms with E-state index < -0.39 is 11.6 Å². The summed E-state index contributed by atoms with van der Waals surface area (Å²) in [5.74, 6) is 0.433. The van der Waals surface area contributed by atoms with Crippen LogP contribution < -0.4 is 9.47 Å². The number of rotatable bonds is 7. The summed E-state index contributed by atoms with van der Waals surface area (Å²) in [4.78, 5) is 0. The van der Waals surface area contributed by atoms with Crippen molar-refractivity contribution >= 4 is 0 Å². The molecule has 0 heterocycles. The molecule has 0 amide bonds. The van der Waals surface area contributed by atoms with Gasteiger partial charge < -0.3 is 9.47 Å². The first-order valence-corrected chi connectivity index (χ1v) is 7.76. The maximum atomic E-state index is 13.3. The molecule has 0 radical (unpaired) electrons. The van der Waals surface area contributed by atoms with Crippen LogP contribution in [0.1, 0.15) is 30.0 Å². The van der Waals surface area contributed by atoms with Crippen LogP contribution in [0.2, 0.25) is 0 Å². The number of halogens is 2. The van der Waals surface area contributed by atoms with Gasteiger partial charge in [0.25, 0.3) is 0 Å². The number of aryl methyl sites for hydroxylation is 2. The van der Waals surface area contributed by atoms with E-state index in [0.29, 0.717) is 18.4 Å². The normalized spacial score (nSPS) is 10.7. The zero-order valence-electron chi connectivity index (χ0n) is 13.8. The second-order valence-corrected chi connectivity index (χ2v) is 5.50. The fourth-order valence-corrected chi connectivity index (χ4v) is 2.77. The molecule has 2 aromatic rings. The fraction of sp³-hybridized carbons (Fsp3) is 0.368. The molecule has 2 rings (SSSR count). The van der Waals surface area contributed by atoms with Gasteiger partial charge in [0.2, 0.25) is 0 Å². The van der Waals surface area contributed by atoms with Gasteiger partial charge in [0, 0.05) is 12.1 Å². The summed E-state index contributed by atoms with van der Waals surface area (Å²) in [5.41, 5.74) is 2.87. The van der Waals surface area contributed by atoms with Crippen LogP contribution in [-0.2, 0) is 19.3 Å². The molecule has 4 heteroatoms. The third-order valence-electron chi connectivity index (χ3n) is 3.84. The molecule has 0 aliphatic rings. The standard InChI is InChI=1S/C19H22F2O2/c1-4-5-18-14(10-17(22-2)12-19(18)23-3)7-6-13-8-15(20)11-16(21)9-13/h8-12H,4-7H2,1-3H3. The summed E-state index contributed by atoms with van der Waals surface area (Å²) < 4.78 is 37.4. The monoisotopic (exact) mass is 320 g/mol. The lowest BCUT2D eigenvalue weighted by Gasteiger charge is -2.16. The smallest absolute Gasteiger partial charge is 0.126 e. The maximum absolute atomic E-state index is 13.3. The summed E-state index contributed by atoms with van der Waals surface area (Å²) in [6.07, 6.45) is 3.11. The molecule has 124 valence electrons. The van der Waals surface area contributed by atoms with Crippen LogP contribution in [-0.4, -0.2) is 14.2 Å². The van der Waals surface area contributed by atoms with E-state index in [1.54, 1.807) is 14.2 Å². The van der Waals surface area contributed by atoms with Crippen LogP contribution in [0.5, 0.6) is 11.5 Å². The molecule has 0 saturated carbocycles. The van der Waals surface area contributed by atoms with Gasteiger partial charge >= 0.3 is 0 Å². The minimum absolute atomic E-state index is 0.544. The van der Waals surface area contributed by atoms with Crippen molar-refractivity contribution in [3.63, 3.8) is 0 Å². The van der Waals surface area contributed by atoms with Crippen molar-refractivity contribution in [3.8, 4) is 11.5 Å². The van der Waals surface area contributed by atoms with E-state index in [4.69, 9.17) is 9.47 Å². The molecule has 0 bridgehead atoms. The molecule has 2 aromatic carbocycles. The molecule has 0 spiro atoms. The van der Waals surface area contributed by atoms with Crippen molar-refractivity contribution in [1.29, 1.82) is 0 Å². The van der Waals surface area contributed by atoms with Crippen molar-refractivity contribution in [2.24, 2.45) is 0 Å². The summed E-state index contributed by atoms with van der Waals surface area (Å²) in [6.45, 7) is 2.11. The number of methoxy groups -OCH3 is 2. The first-order chi connectivity index (χ1) is 11.1. The third-order valence-corrected chi connectivity index (χ3v) is 3.84. The molecule has 0 atom stereocenters. The zero-order chi connectivity index (χ0) is 16.8. The van der Waals surface area contributed by atoms with Crippen molar-refractivity contribution in [3.05, 3.63) is 58.7 Å². The van der Waals surface area contributed by atoms with Gasteiger partial charge in [-0.05, 0) is 54.2 Å². The van der Waals surface area contributed by atoms with E-state index >= 15 is 0 Å². The number of ether oxygens (including phenoxy) is 2. The van der Waals surface area contributed by atoms with Crippen LogP contribution in [0.3, 0.4) is 0 Å². The highest BCUT2D eigenvalue weighted by Crippen LogP contribution is 2.31. The fourth-order valence-electron chi connectivity index (χ4n) is 2.77. The van der Waals surface area contributed by atoms with Gasteiger partial charge in [-0.1, -0.05) is 13.3 Å². The van der Waals surface area contributed by atoms with E-state index in [1.165, 1.54) is 12.1 Å². The Labute approximate surface area is 136 Å². The van der Waals surface area contributed by atoms with Crippen LogP contribution in [0, 0.1) is 11.6 Å². The Kier molecular flexibility index (Phi) is 5.97. The number of benzene rings is 2. The van der Waals surface area contributed by atoms with Crippen LogP contribution >= 0.6 is 0 Å². The Bertz CT molecular complexity index is 648. The molecule has 0 N–H and O–H groups in total. The predicted molar refractivity (Wildman–Crippen MR) is 87.3 cm³/mol. The molecular weight excluding hydrogens is 298 g/mol. The lowest BCUT2D eigenvalue weighted by atomic mass is 9.96. The highest BCUT2D eigenvalue weighted by atomic mass is 19.1. The Hall–Kier alpha value is -2.10. The van der Waals surface area contributed by atoms with Crippen molar-refractivity contribution < 1.29 is 18.3 Å². The largest absolute Gasteiger partial charge is 0.497 e. The van der Waals surface area contributed by atoms with Gasteiger partial charge in [-0.15, -0.1) is 0 Å². The van der Waals surface area contributed by atoms with Gasteiger partial charge in [-0.2, -0.15) is 0 Å². The van der Waals surface area contributed by atoms with Gasteiger partial charge in [0.05, 0.1) is 14.2 Å². The molecule has 0 fully saturated rings. The van der Waals surface area contributed by atoms with Gasteiger partial charge in [0.15, 0.2) is 0 Å². The van der Waals surface area contributed by atoms with E-state index in [-0.39, 0.29) is 0 Å². The van der Waals surface area contributed by atoms with Crippen LogP contribution in [0.4, 0.5) is 8.78 Å². The Balaban J connectivity index is 2.29. The molecule has 0 aromatic heterocycles. The first kappa shape index (κ1) is 17.3. The van der Waals surface area contributed by atoms with Gasteiger partial charge in [-0.3, -0.25) is 0 Å². The molecule has 23 heavy (non-hydrogen) atoms. The molecule has 0 unspecified atom stereocenters. The lowest BCUT2D eigenvalue weighted by molar-refractivity contribution is 0.389. The van der Waals surface area contributed by atoms with Gasteiger partial charge in [0.1, 0.15) is 23.1 Å². The van der Waals surface area contributed by atoms with E-state index in [1.807, 2.05) is 12.1 Å². The molecule has 0 saturated heterocycles. The maximum Gasteiger partial charge on any atom is 0.126 e. The minimum atomic E-state index is -0.544. The van der Waals surface area contributed by atoms with Gasteiger partial charge in [-0.25, -0.2) is 8.78 Å². The van der Waals surface area contributed by atoms with E-state index in [9.17, 15) is 8.78 Å². The Morgan fingerprint density at radius 3 is 2.09 bits per heavy atom. The number of hydrogen-bond donors (Lipinski definition) is 0. The summed E-state index contributed by atoms with van der Waals surface area (Å²) in [7, 11) is 3.25. The Morgan fingerprint density at radius 1 is 0.826 bits per heavy atom. The molecule has 0 aliphatic heterocycles. The second-order valence-electron chi connectivity index (χ2n) is 5.50. The lowest BCUT2D eigenvalue weighted by Crippen LogP contribution is -2.02. The van der Waals surface area contributed by atoms with E-state index in [2.05, 4.69) is 6.92 Å². The van der Waals surface area contributed by atoms with Crippen LogP contribution in [0.15, 0.2) is 30.3 Å². The summed E-state index contributed by atoms with van der Waals surface area (Å²) >= 11 is 0. The molecule has 0 aliphatic carbocycles. The third kappa shape index (κ3) is 4.44. The quantitative estimate of drug-likeness (QED) is 0.735. The molecular formula is C19H22F2O2. The Morgan fingerprint density at radius 2 is 1.52 bits per heavy atom. The summed E-state index contributed by atoms with van der Waals surface area (Å²) in [5, 5.41) is 0. The topological polar surface area (TPSA) is 18.5 Å². The highest BCUT2D eigenvalue weighted by Gasteiger charge is 2.12. The predicted octanol–water partition coefficient (Wildman–Crippen LogP) is 4.72. The average molecular weight is 320 g/mol. The van der Waals surface area contributed by atoms with Crippen molar-refractivity contribution in [2.45, 2.75) is 32.6 Å². The second kappa shape index (κ2) is 7.95. The highest BCUT2D eigenvalue weighted by molar-refractivity contribution is 5.47. The average Bonchev–Trinajstić information content (AvgIpc) is 2.53. The van der Waals surface area contributed by atoms with Crippen LogP contribution in [0.25, 0.3) is 0 Å². The summed E-state index contributed by atoms with van der Waals surface area (Å²) in [6, 6.07) is 7.49. The first-order valence-electron chi connectivity index (χ1n) is 7.76. The van der Waals surface area contributed by atoms with E-state index in [0.717, 1.165) is 41.5 Å².